The van der Waals surface area contributed by atoms with E-state index in [-0.39, 0.29) is 17.4 Å². The summed E-state index contributed by atoms with van der Waals surface area (Å²) in [6.07, 6.45) is -3.27. The molecule has 0 radical (unpaired) electrons. The molecule has 0 bridgehead atoms. The molecular formula is C11H10BrF3O2. The zero-order valence-corrected chi connectivity index (χ0v) is 10.7. The van der Waals surface area contributed by atoms with Crippen LogP contribution in [-0.2, 0) is 0 Å². The molecule has 1 rings (SSSR count). The van der Waals surface area contributed by atoms with Gasteiger partial charge in [-0.2, -0.15) is 13.2 Å². The number of rotatable bonds is 3. The Kier molecular flexibility index (Phi) is 4.45. The number of hydrogen-bond donors (Lipinski definition) is 0. The van der Waals surface area contributed by atoms with Crippen LogP contribution in [0.4, 0.5) is 13.2 Å². The molecule has 1 aromatic rings. The van der Waals surface area contributed by atoms with E-state index in [4.69, 9.17) is 9.47 Å². The van der Waals surface area contributed by atoms with E-state index in [1.807, 2.05) is 0 Å². The number of allylic oxidation sites excluding steroid dienone is 1. The molecule has 0 amide bonds. The minimum Gasteiger partial charge on any atom is -0.493 e. The highest BCUT2D eigenvalue weighted by atomic mass is 79.9. The third-order valence-electron chi connectivity index (χ3n) is 1.92. The largest absolute Gasteiger partial charge is 0.493 e. The summed E-state index contributed by atoms with van der Waals surface area (Å²) in [7, 11) is 2.79. The Morgan fingerprint density at radius 3 is 2.29 bits per heavy atom. The van der Waals surface area contributed by atoms with Crippen molar-refractivity contribution in [3.05, 3.63) is 28.2 Å². The maximum absolute atomic E-state index is 12.1. The first-order valence-corrected chi connectivity index (χ1v) is 5.34. The quantitative estimate of drug-likeness (QED) is 0.839. The predicted octanol–water partition coefficient (Wildman–Crippen LogP) is 4.04. The summed E-state index contributed by atoms with van der Waals surface area (Å²) in [5, 5.41) is 0. The van der Waals surface area contributed by atoms with Gasteiger partial charge in [0.2, 0.25) is 0 Å². The second-order valence-electron chi connectivity index (χ2n) is 3.11. The van der Waals surface area contributed by atoms with Gasteiger partial charge in [0.25, 0.3) is 0 Å². The van der Waals surface area contributed by atoms with E-state index in [1.165, 1.54) is 20.3 Å². The van der Waals surface area contributed by atoms with Crippen LogP contribution in [0.2, 0.25) is 0 Å². The van der Waals surface area contributed by atoms with E-state index in [1.54, 1.807) is 6.07 Å². The minimum absolute atomic E-state index is 0.150. The monoisotopic (exact) mass is 310 g/mol. The van der Waals surface area contributed by atoms with Crippen LogP contribution in [0.15, 0.2) is 22.7 Å². The molecule has 6 heteroatoms. The molecule has 0 fully saturated rings. The third kappa shape index (κ3) is 3.96. The second kappa shape index (κ2) is 5.44. The van der Waals surface area contributed by atoms with E-state index >= 15 is 0 Å². The maximum Gasteiger partial charge on any atom is 0.409 e. The number of alkyl halides is 3. The van der Waals surface area contributed by atoms with Gasteiger partial charge in [0.05, 0.1) is 14.2 Å². The fourth-order valence-corrected chi connectivity index (χ4v) is 1.72. The lowest BCUT2D eigenvalue weighted by Gasteiger charge is -2.11. The Hall–Kier alpha value is -1.17. The van der Waals surface area contributed by atoms with E-state index in [0.29, 0.717) is 10.2 Å². The first-order chi connectivity index (χ1) is 7.87. The highest BCUT2D eigenvalue weighted by molar-refractivity contribution is 9.10. The van der Waals surface area contributed by atoms with Crippen molar-refractivity contribution in [2.75, 3.05) is 14.2 Å². The Labute approximate surface area is 105 Å². The molecular weight excluding hydrogens is 301 g/mol. The summed E-state index contributed by atoms with van der Waals surface area (Å²) in [5.41, 5.74) is 0.288. The van der Waals surface area contributed by atoms with Crippen LogP contribution in [0.25, 0.3) is 6.08 Å². The molecule has 94 valence electrons. The topological polar surface area (TPSA) is 18.5 Å². The molecule has 17 heavy (non-hydrogen) atoms. The average molecular weight is 311 g/mol. The molecule has 1 aromatic carbocycles. The second-order valence-corrected chi connectivity index (χ2v) is 4.02. The molecule has 0 aliphatic carbocycles. The summed E-state index contributed by atoms with van der Waals surface area (Å²) < 4.78 is 46.9. The number of hydrogen-bond acceptors (Lipinski definition) is 2. The third-order valence-corrected chi connectivity index (χ3v) is 2.38. The number of methoxy groups -OCH3 is 2. The summed E-state index contributed by atoms with van der Waals surface area (Å²) in [5.74, 6) is 0.625. The lowest BCUT2D eigenvalue weighted by molar-refractivity contribution is -0.0790. The Morgan fingerprint density at radius 2 is 1.82 bits per heavy atom. The van der Waals surface area contributed by atoms with Crippen molar-refractivity contribution < 1.29 is 22.6 Å². The van der Waals surface area contributed by atoms with Crippen LogP contribution in [0.5, 0.6) is 11.5 Å². The fraction of sp³-hybridized carbons (Fsp3) is 0.273. The number of halogens is 4. The van der Waals surface area contributed by atoms with Crippen LogP contribution < -0.4 is 9.47 Å². The Balaban J connectivity index is 3.22. The molecule has 0 unspecified atom stereocenters. The number of ether oxygens (including phenoxy) is 2. The Morgan fingerprint density at radius 1 is 1.18 bits per heavy atom. The van der Waals surface area contributed by atoms with Crippen LogP contribution in [0.1, 0.15) is 5.56 Å². The van der Waals surface area contributed by atoms with Crippen molar-refractivity contribution in [3.63, 3.8) is 0 Å². The lowest BCUT2D eigenvalue weighted by Crippen LogP contribution is -2.00. The van der Waals surface area contributed by atoms with Crippen molar-refractivity contribution in [3.8, 4) is 11.5 Å². The van der Waals surface area contributed by atoms with Crippen LogP contribution >= 0.6 is 15.9 Å². The zero-order chi connectivity index (χ0) is 13.1. The van der Waals surface area contributed by atoms with E-state index in [2.05, 4.69) is 15.9 Å². The highest BCUT2D eigenvalue weighted by Crippen LogP contribution is 2.36. The summed E-state index contributed by atoms with van der Waals surface area (Å²) in [6, 6.07) is 3.13. The predicted molar refractivity (Wildman–Crippen MR) is 62.3 cm³/mol. The molecule has 0 saturated heterocycles. The van der Waals surface area contributed by atoms with Gasteiger partial charge in [-0.3, -0.25) is 0 Å². The van der Waals surface area contributed by atoms with Crippen molar-refractivity contribution in [2.45, 2.75) is 6.18 Å². The average Bonchev–Trinajstić information content (AvgIpc) is 2.24. The van der Waals surface area contributed by atoms with Gasteiger partial charge in [-0.05, 0) is 18.2 Å². The van der Waals surface area contributed by atoms with Gasteiger partial charge in [-0.1, -0.05) is 15.9 Å². The van der Waals surface area contributed by atoms with Gasteiger partial charge in [0.1, 0.15) is 0 Å². The molecule has 0 saturated carbocycles. The van der Waals surface area contributed by atoms with Gasteiger partial charge in [0.15, 0.2) is 11.5 Å². The van der Waals surface area contributed by atoms with E-state index in [0.717, 1.165) is 6.08 Å². The van der Waals surface area contributed by atoms with Gasteiger partial charge in [0, 0.05) is 16.1 Å². The minimum atomic E-state index is -4.36. The first-order valence-electron chi connectivity index (χ1n) is 4.55. The van der Waals surface area contributed by atoms with Crippen LogP contribution in [0.3, 0.4) is 0 Å². The fourth-order valence-electron chi connectivity index (χ4n) is 1.27. The maximum atomic E-state index is 12.1. The summed E-state index contributed by atoms with van der Waals surface area (Å²) >= 11 is 3.19. The SMILES string of the molecule is COc1cc(Br)cc(C=CC(F)(F)F)c1OC. The molecule has 0 N–H and O–H groups in total. The standard InChI is InChI=1S/C11H10BrF3O2/c1-16-9-6-8(12)5-7(10(9)17-2)3-4-11(13,14)15/h3-6H,1-2H3. The molecule has 2 nitrogen and oxygen atoms in total. The molecule has 0 heterocycles. The molecule has 0 spiro atoms. The van der Waals surface area contributed by atoms with Crippen molar-refractivity contribution in [1.82, 2.24) is 0 Å². The Bertz CT molecular complexity index is 427. The number of benzene rings is 1. The molecule has 0 aliphatic rings. The molecule has 0 aliphatic heterocycles. The summed E-state index contributed by atoms with van der Waals surface area (Å²) in [6.45, 7) is 0. The van der Waals surface area contributed by atoms with Crippen molar-refractivity contribution in [1.29, 1.82) is 0 Å². The van der Waals surface area contributed by atoms with E-state index in [9.17, 15) is 13.2 Å². The first kappa shape index (κ1) is 13.9. The van der Waals surface area contributed by atoms with Crippen molar-refractivity contribution in [2.24, 2.45) is 0 Å². The van der Waals surface area contributed by atoms with Gasteiger partial charge in [-0.15, -0.1) is 0 Å². The zero-order valence-electron chi connectivity index (χ0n) is 9.14. The lowest BCUT2D eigenvalue weighted by atomic mass is 10.1. The van der Waals surface area contributed by atoms with Gasteiger partial charge >= 0.3 is 6.18 Å². The molecule has 0 aromatic heterocycles. The van der Waals surface area contributed by atoms with Crippen LogP contribution in [0, 0.1) is 0 Å². The smallest absolute Gasteiger partial charge is 0.409 e. The highest BCUT2D eigenvalue weighted by Gasteiger charge is 2.22. The van der Waals surface area contributed by atoms with Crippen LogP contribution in [-0.4, -0.2) is 20.4 Å². The van der Waals surface area contributed by atoms with Gasteiger partial charge < -0.3 is 9.47 Å². The normalized spacial score (nSPS) is 11.9. The van der Waals surface area contributed by atoms with Crippen molar-refractivity contribution >= 4 is 22.0 Å². The van der Waals surface area contributed by atoms with E-state index < -0.39 is 6.18 Å². The van der Waals surface area contributed by atoms with Gasteiger partial charge in [-0.25, -0.2) is 0 Å². The summed E-state index contributed by atoms with van der Waals surface area (Å²) in [4.78, 5) is 0. The molecule has 0 atom stereocenters.